The second-order valence-corrected chi connectivity index (χ2v) is 5.67. The molecule has 2 N–H and O–H groups in total. The van der Waals surface area contributed by atoms with Gasteiger partial charge in [-0.05, 0) is 43.4 Å². The first-order chi connectivity index (χ1) is 6.83. The molecule has 1 saturated heterocycles. The van der Waals surface area contributed by atoms with E-state index >= 15 is 0 Å². The number of nitrogens with zero attached hydrogens (tertiary/aromatic N) is 1. The molecular formula is C12H22N2. The fourth-order valence-electron chi connectivity index (χ4n) is 3.45. The summed E-state index contributed by atoms with van der Waals surface area (Å²) in [6, 6.07) is 0.480. The van der Waals surface area contributed by atoms with E-state index in [-0.39, 0.29) is 0 Å². The number of fused-ring (bicyclic) bond motifs is 1. The quantitative estimate of drug-likeness (QED) is 0.737. The van der Waals surface area contributed by atoms with Crippen LogP contribution in [0.4, 0.5) is 0 Å². The molecule has 3 unspecified atom stereocenters. The minimum Gasteiger partial charge on any atom is -0.326 e. The maximum atomic E-state index is 6.17. The van der Waals surface area contributed by atoms with Crippen LogP contribution in [0.1, 0.15) is 32.1 Å². The van der Waals surface area contributed by atoms with Crippen LogP contribution in [0.15, 0.2) is 0 Å². The van der Waals surface area contributed by atoms with Crippen molar-refractivity contribution in [2.75, 3.05) is 19.6 Å². The van der Waals surface area contributed by atoms with Crippen molar-refractivity contribution in [1.29, 1.82) is 0 Å². The van der Waals surface area contributed by atoms with Crippen molar-refractivity contribution in [3.8, 4) is 0 Å². The third-order valence-electron chi connectivity index (χ3n) is 4.50. The lowest BCUT2D eigenvalue weighted by atomic mass is 10.0. The van der Waals surface area contributed by atoms with Crippen LogP contribution in [0.25, 0.3) is 0 Å². The second kappa shape index (κ2) is 3.49. The van der Waals surface area contributed by atoms with E-state index in [0.717, 1.165) is 17.8 Å². The molecule has 0 aromatic rings. The zero-order valence-electron chi connectivity index (χ0n) is 8.99. The second-order valence-electron chi connectivity index (χ2n) is 5.67. The molecule has 2 heteroatoms. The molecule has 2 saturated carbocycles. The molecule has 1 aliphatic heterocycles. The van der Waals surface area contributed by atoms with Gasteiger partial charge in [0.15, 0.2) is 0 Å². The number of likely N-dealkylation sites (tertiary alicyclic amines) is 1. The molecule has 3 atom stereocenters. The molecule has 0 spiro atoms. The minimum absolute atomic E-state index is 0.480. The summed E-state index contributed by atoms with van der Waals surface area (Å²) in [7, 11) is 0. The molecule has 2 aliphatic carbocycles. The Morgan fingerprint density at radius 3 is 2.29 bits per heavy atom. The first kappa shape index (κ1) is 9.17. The van der Waals surface area contributed by atoms with Crippen LogP contribution in [0.5, 0.6) is 0 Å². The Kier molecular flexibility index (Phi) is 2.29. The monoisotopic (exact) mass is 194 g/mol. The van der Waals surface area contributed by atoms with E-state index < -0.39 is 0 Å². The summed E-state index contributed by atoms with van der Waals surface area (Å²) in [6.45, 7) is 3.88. The van der Waals surface area contributed by atoms with Crippen LogP contribution in [-0.2, 0) is 0 Å². The van der Waals surface area contributed by atoms with Crippen LogP contribution in [0.3, 0.4) is 0 Å². The molecule has 80 valence electrons. The zero-order valence-corrected chi connectivity index (χ0v) is 8.99. The highest BCUT2D eigenvalue weighted by Gasteiger charge is 2.38. The SMILES string of the molecule is NC(CN1CC2CCCC2C1)C1CC1. The Morgan fingerprint density at radius 1 is 1.07 bits per heavy atom. The molecule has 0 aromatic heterocycles. The first-order valence-corrected chi connectivity index (χ1v) is 6.31. The fourth-order valence-corrected chi connectivity index (χ4v) is 3.45. The molecule has 0 amide bonds. The average Bonchev–Trinajstić information content (AvgIpc) is 2.80. The Hall–Kier alpha value is -0.0800. The maximum Gasteiger partial charge on any atom is 0.0196 e. The van der Waals surface area contributed by atoms with Gasteiger partial charge in [0.2, 0.25) is 0 Å². The van der Waals surface area contributed by atoms with E-state index in [0.29, 0.717) is 6.04 Å². The van der Waals surface area contributed by atoms with Crippen LogP contribution < -0.4 is 5.73 Å². The van der Waals surface area contributed by atoms with Crippen LogP contribution >= 0.6 is 0 Å². The third-order valence-corrected chi connectivity index (χ3v) is 4.50. The Morgan fingerprint density at radius 2 is 1.71 bits per heavy atom. The van der Waals surface area contributed by atoms with Crippen molar-refractivity contribution in [3.05, 3.63) is 0 Å². The van der Waals surface area contributed by atoms with Crippen molar-refractivity contribution in [1.82, 2.24) is 4.90 Å². The lowest BCUT2D eigenvalue weighted by Gasteiger charge is -2.21. The summed E-state index contributed by atoms with van der Waals surface area (Å²) in [6.07, 6.45) is 7.24. The van der Waals surface area contributed by atoms with Crippen molar-refractivity contribution < 1.29 is 0 Å². The van der Waals surface area contributed by atoms with Gasteiger partial charge in [-0.2, -0.15) is 0 Å². The summed E-state index contributed by atoms with van der Waals surface area (Å²) < 4.78 is 0. The Balaban J connectivity index is 1.50. The predicted octanol–water partition coefficient (Wildman–Crippen LogP) is 1.46. The molecular weight excluding hydrogens is 172 g/mol. The van der Waals surface area contributed by atoms with Gasteiger partial charge >= 0.3 is 0 Å². The van der Waals surface area contributed by atoms with E-state index in [1.165, 1.54) is 51.7 Å². The molecule has 3 fully saturated rings. The highest BCUT2D eigenvalue weighted by Crippen LogP contribution is 2.38. The van der Waals surface area contributed by atoms with E-state index in [2.05, 4.69) is 4.90 Å². The van der Waals surface area contributed by atoms with Crippen LogP contribution in [0, 0.1) is 17.8 Å². The topological polar surface area (TPSA) is 29.3 Å². The molecule has 0 aromatic carbocycles. The van der Waals surface area contributed by atoms with Gasteiger partial charge in [-0.25, -0.2) is 0 Å². The van der Waals surface area contributed by atoms with Crippen molar-refractivity contribution >= 4 is 0 Å². The van der Waals surface area contributed by atoms with E-state index in [1.54, 1.807) is 0 Å². The molecule has 3 rings (SSSR count). The van der Waals surface area contributed by atoms with Gasteiger partial charge in [0, 0.05) is 25.7 Å². The smallest absolute Gasteiger partial charge is 0.0196 e. The number of hydrogen-bond donors (Lipinski definition) is 1. The van der Waals surface area contributed by atoms with E-state index in [1.807, 2.05) is 0 Å². The fraction of sp³-hybridized carbons (Fsp3) is 1.00. The molecule has 1 heterocycles. The van der Waals surface area contributed by atoms with Crippen molar-refractivity contribution in [3.63, 3.8) is 0 Å². The number of nitrogens with two attached hydrogens (primary N) is 1. The lowest BCUT2D eigenvalue weighted by molar-refractivity contribution is 0.280. The molecule has 14 heavy (non-hydrogen) atoms. The van der Waals surface area contributed by atoms with Crippen molar-refractivity contribution in [2.45, 2.75) is 38.1 Å². The normalized spacial score (nSPS) is 40.1. The molecule has 0 bridgehead atoms. The summed E-state index contributed by atoms with van der Waals surface area (Å²) in [5, 5.41) is 0. The number of hydrogen-bond acceptors (Lipinski definition) is 2. The Bertz CT molecular complexity index is 200. The largest absolute Gasteiger partial charge is 0.326 e. The summed E-state index contributed by atoms with van der Waals surface area (Å²) in [5.41, 5.74) is 6.17. The summed E-state index contributed by atoms with van der Waals surface area (Å²) in [5.74, 6) is 2.93. The van der Waals surface area contributed by atoms with Gasteiger partial charge in [-0.3, -0.25) is 0 Å². The van der Waals surface area contributed by atoms with Crippen molar-refractivity contribution in [2.24, 2.45) is 23.5 Å². The highest BCUT2D eigenvalue weighted by molar-refractivity contribution is 4.92. The van der Waals surface area contributed by atoms with Gasteiger partial charge in [0.1, 0.15) is 0 Å². The first-order valence-electron chi connectivity index (χ1n) is 6.31. The maximum absolute atomic E-state index is 6.17. The highest BCUT2D eigenvalue weighted by atomic mass is 15.2. The molecule has 2 nitrogen and oxygen atoms in total. The Labute approximate surface area is 86.8 Å². The summed E-state index contributed by atoms with van der Waals surface area (Å²) in [4.78, 5) is 2.64. The zero-order chi connectivity index (χ0) is 9.54. The third kappa shape index (κ3) is 1.70. The van der Waals surface area contributed by atoms with E-state index in [9.17, 15) is 0 Å². The van der Waals surface area contributed by atoms with Gasteiger partial charge in [-0.1, -0.05) is 6.42 Å². The van der Waals surface area contributed by atoms with Gasteiger partial charge < -0.3 is 10.6 Å². The average molecular weight is 194 g/mol. The van der Waals surface area contributed by atoms with Gasteiger partial charge in [0.25, 0.3) is 0 Å². The van der Waals surface area contributed by atoms with Crippen LogP contribution in [0.2, 0.25) is 0 Å². The predicted molar refractivity (Wildman–Crippen MR) is 58.0 cm³/mol. The number of rotatable bonds is 3. The molecule has 3 aliphatic rings. The minimum atomic E-state index is 0.480. The van der Waals surface area contributed by atoms with Crippen LogP contribution in [-0.4, -0.2) is 30.6 Å². The van der Waals surface area contributed by atoms with E-state index in [4.69, 9.17) is 5.73 Å². The van der Waals surface area contributed by atoms with Gasteiger partial charge in [-0.15, -0.1) is 0 Å². The van der Waals surface area contributed by atoms with Gasteiger partial charge in [0.05, 0.1) is 0 Å². The lowest BCUT2D eigenvalue weighted by Crippen LogP contribution is -2.38. The molecule has 0 radical (unpaired) electrons. The standard InChI is InChI=1S/C12H22N2/c13-12(9-4-5-9)8-14-6-10-2-1-3-11(10)7-14/h9-12H,1-8,13H2. The summed E-state index contributed by atoms with van der Waals surface area (Å²) >= 11 is 0.